The smallest absolute Gasteiger partial charge is 0.240 e. The largest absolute Gasteiger partial charge is 0.396 e. The Labute approximate surface area is 120 Å². The fourth-order valence-corrected chi connectivity index (χ4v) is 1.77. The average molecular weight is 283 g/mol. The molecule has 1 aromatic heterocycles. The summed E-state index contributed by atoms with van der Waals surface area (Å²) in [7, 11) is 0. The highest BCUT2D eigenvalue weighted by Gasteiger charge is 2.15. The van der Waals surface area contributed by atoms with E-state index in [-0.39, 0.29) is 31.0 Å². The predicted molar refractivity (Wildman–Crippen MR) is 77.6 cm³/mol. The molecule has 0 saturated heterocycles. The first-order valence-electron chi connectivity index (χ1n) is 7.05. The third-order valence-electron chi connectivity index (χ3n) is 3.06. The lowest BCUT2D eigenvalue weighted by Gasteiger charge is -2.25. The van der Waals surface area contributed by atoms with E-state index in [0.29, 0.717) is 18.8 Å². The van der Waals surface area contributed by atoms with E-state index in [1.165, 1.54) is 0 Å². The fraction of sp³-hybridized carbons (Fsp3) is 0.714. The molecule has 0 radical (unpaired) electrons. The second-order valence-electron chi connectivity index (χ2n) is 5.46. The van der Waals surface area contributed by atoms with Gasteiger partial charge in [-0.25, -0.2) is 0 Å². The number of anilines is 1. The van der Waals surface area contributed by atoms with Gasteiger partial charge in [0.05, 0.1) is 12.2 Å². The minimum Gasteiger partial charge on any atom is -0.396 e. The molecule has 0 fully saturated rings. The van der Waals surface area contributed by atoms with Gasteiger partial charge >= 0.3 is 0 Å². The van der Waals surface area contributed by atoms with Crippen LogP contribution in [0.2, 0.25) is 0 Å². The Balaban J connectivity index is 2.51. The molecule has 6 nitrogen and oxygen atoms in total. The normalized spacial score (nSPS) is 11.6. The van der Waals surface area contributed by atoms with E-state index in [0.717, 1.165) is 5.69 Å². The van der Waals surface area contributed by atoms with E-state index in [1.807, 2.05) is 32.6 Å². The maximum Gasteiger partial charge on any atom is 0.240 e. The SMILES string of the molecule is CC(C)c1cc(NC(=O)CN(CCCO)C(C)C)on1. The quantitative estimate of drug-likeness (QED) is 0.761. The van der Waals surface area contributed by atoms with E-state index in [9.17, 15) is 4.79 Å². The highest BCUT2D eigenvalue weighted by molar-refractivity contribution is 5.91. The van der Waals surface area contributed by atoms with E-state index in [2.05, 4.69) is 10.5 Å². The highest BCUT2D eigenvalue weighted by atomic mass is 16.5. The predicted octanol–water partition coefficient (Wildman–Crippen LogP) is 1.83. The van der Waals surface area contributed by atoms with Crippen LogP contribution in [0.1, 0.15) is 45.7 Å². The van der Waals surface area contributed by atoms with Gasteiger partial charge in [-0.1, -0.05) is 19.0 Å². The van der Waals surface area contributed by atoms with Crippen molar-refractivity contribution >= 4 is 11.8 Å². The Morgan fingerprint density at radius 1 is 1.45 bits per heavy atom. The number of rotatable bonds is 8. The summed E-state index contributed by atoms with van der Waals surface area (Å²) in [6.45, 7) is 9.17. The molecule has 1 rings (SSSR count). The van der Waals surface area contributed by atoms with Crippen LogP contribution in [0.4, 0.5) is 5.88 Å². The summed E-state index contributed by atoms with van der Waals surface area (Å²) in [5.41, 5.74) is 0.821. The van der Waals surface area contributed by atoms with Crippen molar-refractivity contribution < 1.29 is 14.4 Å². The number of nitrogens with zero attached hydrogens (tertiary/aromatic N) is 2. The lowest BCUT2D eigenvalue weighted by molar-refractivity contribution is -0.117. The Morgan fingerprint density at radius 3 is 2.65 bits per heavy atom. The molecule has 0 spiro atoms. The zero-order valence-electron chi connectivity index (χ0n) is 12.7. The molecule has 0 aromatic carbocycles. The number of hydrogen-bond acceptors (Lipinski definition) is 5. The second-order valence-corrected chi connectivity index (χ2v) is 5.46. The van der Waals surface area contributed by atoms with E-state index < -0.39 is 0 Å². The van der Waals surface area contributed by atoms with Gasteiger partial charge in [0, 0.05) is 25.3 Å². The van der Waals surface area contributed by atoms with Gasteiger partial charge in [0.25, 0.3) is 0 Å². The van der Waals surface area contributed by atoms with Gasteiger partial charge in [-0.3, -0.25) is 15.0 Å². The van der Waals surface area contributed by atoms with Crippen LogP contribution in [0.3, 0.4) is 0 Å². The van der Waals surface area contributed by atoms with Crippen LogP contribution < -0.4 is 5.32 Å². The second kappa shape index (κ2) is 8.01. The van der Waals surface area contributed by atoms with Gasteiger partial charge in [0.1, 0.15) is 0 Å². The number of hydrogen-bond donors (Lipinski definition) is 2. The summed E-state index contributed by atoms with van der Waals surface area (Å²) in [6.07, 6.45) is 0.658. The summed E-state index contributed by atoms with van der Waals surface area (Å²) < 4.78 is 5.08. The number of carbonyl (C=O) groups excluding carboxylic acids is 1. The van der Waals surface area contributed by atoms with Crippen LogP contribution in [-0.2, 0) is 4.79 Å². The van der Waals surface area contributed by atoms with Crippen LogP contribution in [0.25, 0.3) is 0 Å². The zero-order valence-corrected chi connectivity index (χ0v) is 12.7. The molecule has 0 atom stereocenters. The number of carbonyl (C=O) groups is 1. The molecular formula is C14H25N3O3. The molecule has 20 heavy (non-hydrogen) atoms. The van der Waals surface area contributed by atoms with Crippen LogP contribution in [0.5, 0.6) is 0 Å². The van der Waals surface area contributed by atoms with Crippen molar-refractivity contribution in [1.82, 2.24) is 10.1 Å². The molecule has 6 heteroatoms. The molecular weight excluding hydrogens is 258 g/mol. The maximum atomic E-state index is 12.0. The van der Waals surface area contributed by atoms with Crippen molar-refractivity contribution in [2.24, 2.45) is 0 Å². The van der Waals surface area contributed by atoms with E-state index in [1.54, 1.807) is 6.07 Å². The van der Waals surface area contributed by atoms with Crippen molar-refractivity contribution in [3.05, 3.63) is 11.8 Å². The average Bonchev–Trinajstić information content (AvgIpc) is 2.82. The molecule has 0 aliphatic rings. The summed E-state index contributed by atoms with van der Waals surface area (Å²) in [5, 5.41) is 15.5. The molecule has 2 N–H and O–H groups in total. The van der Waals surface area contributed by atoms with Crippen LogP contribution in [-0.4, -0.2) is 46.8 Å². The lowest BCUT2D eigenvalue weighted by Crippen LogP contribution is -2.38. The fourth-order valence-electron chi connectivity index (χ4n) is 1.77. The van der Waals surface area contributed by atoms with Gasteiger partial charge in [0.2, 0.25) is 11.8 Å². The first kappa shape index (κ1) is 16.7. The summed E-state index contributed by atoms with van der Waals surface area (Å²) >= 11 is 0. The van der Waals surface area contributed by atoms with Gasteiger partial charge in [-0.05, 0) is 26.2 Å². The van der Waals surface area contributed by atoms with Gasteiger partial charge in [-0.2, -0.15) is 0 Å². The van der Waals surface area contributed by atoms with Crippen molar-refractivity contribution in [3.63, 3.8) is 0 Å². The van der Waals surface area contributed by atoms with Gasteiger partial charge < -0.3 is 9.63 Å². The van der Waals surface area contributed by atoms with E-state index >= 15 is 0 Å². The molecule has 1 amide bonds. The maximum absolute atomic E-state index is 12.0. The zero-order chi connectivity index (χ0) is 15.1. The summed E-state index contributed by atoms with van der Waals surface area (Å²) in [5.74, 6) is 0.508. The van der Waals surface area contributed by atoms with Crippen molar-refractivity contribution in [1.29, 1.82) is 0 Å². The number of aliphatic hydroxyl groups is 1. The highest BCUT2D eigenvalue weighted by Crippen LogP contribution is 2.17. The van der Waals surface area contributed by atoms with Crippen LogP contribution in [0.15, 0.2) is 10.6 Å². The lowest BCUT2D eigenvalue weighted by atomic mass is 10.1. The number of aromatic nitrogens is 1. The molecule has 0 bridgehead atoms. The molecule has 1 heterocycles. The number of amides is 1. The molecule has 1 aromatic rings. The van der Waals surface area contributed by atoms with Crippen molar-refractivity contribution in [2.75, 3.05) is 25.0 Å². The molecule has 0 aliphatic heterocycles. The number of aliphatic hydroxyl groups excluding tert-OH is 1. The summed E-state index contributed by atoms with van der Waals surface area (Å²) in [4.78, 5) is 14.0. The standard InChI is InChI=1S/C14H25N3O3/c1-10(2)12-8-14(20-16-12)15-13(19)9-17(11(3)4)6-5-7-18/h8,10-11,18H,5-7,9H2,1-4H3,(H,15,19). The van der Waals surface area contributed by atoms with E-state index in [4.69, 9.17) is 9.63 Å². The third kappa shape index (κ3) is 5.30. The van der Waals surface area contributed by atoms with Crippen molar-refractivity contribution in [3.8, 4) is 0 Å². The van der Waals surface area contributed by atoms with Crippen molar-refractivity contribution in [2.45, 2.75) is 46.1 Å². The third-order valence-corrected chi connectivity index (χ3v) is 3.06. The molecule has 114 valence electrons. The molecule has 0 aliphatic carbocycles. The Bertz CT molecular complexity index is 416. The minimum absolute atomic E-state index is 0.130. The Morgan fingerprint density at radius 2 is 2.15 bits per heavy atom. The monoisotopic (exact) mass is 283 g/mol. The van der Waals surface area contributed by atoms with Gasteiger partial charge in [-0.15, -0.1) is 0 Å². The van der Waals surface area contributed by atoms with Gasteiger partial charge in [0.15, 0.2) is 0 Å². The molecule has 0 saturated carbocycles. The summed E-state index contributed by atoms with van der Waals surface area (Å²) in [6, 6.07) is 1.99. The topological polar surface area (TPSA) is 78.6 Å². The number of nitrogens with one attached hydrogen (secondary N) is 1. The van der Waals surface area contributed by atoms with Crippen LogP contribution >= 0.6 is 0 Å². The first-order valence-corrected chi connectivity index (χ1v) is 7.05. The Kier molecular flexibility index (Phi) is 6.67. The Hall–Kier alpha value is -1.40. The van der Waals surface area contributed by atoms with Crippen LogP contribution in [0, 0.1) is 0 Å². The first-order chi connectivity index (χ1) is 9.43. The minimum atomic E-state index is -0.136. The molecule has 0 unspecified atom stereocenters.